The summed E-state index contributed by atoms with van der Waals surface area (Å²) in [6, 6.07) is 6.67. The number of hydrogen-bond acceptors (Lipinski definition) is 3. The highest BCUT2D eigenvalue weighted by Crippen LogP contribution is 2.28. The Morgan fingerprint density at radius 2 is 1.95 bits per heavy atom. The summed E-state index contributed by atoms with van der Waals surface area (Å²) in [6.07, 6.45) is 8.60. The van der Waals surface area contributed by atoms with Crippen LogP contribution in [0.15, 0.2) is 24.3 Å². The molecule has 1 fully saturated rings. The van der Waals surface area contributed by atoms with E-state index >= 15 is 0 Å². The summed E-state index contributed by atoms with van der Waals surface area (Å²) in [7, 11) is 0. The van der Waals surface area contributed by atoms with E-state index in [-0.39, 0.29) is 5.82 Å². The summed E-state index contributed by atoms with van der Waals surface area (Å²) in [4.78, 5) is 0. The number of nitrogens with two attached hydrogens (primary N) is 1. The summed E-state index contributed by atoms with van der Waals surface area (Å²) < 4.78 is 15.7. The largest absolute Gasteiger partial charge is 0.325 e. The quantitative estimate of drug-likeness (QED) is 0.921. The maximum Gasteiger partial charge on any atom is 0.148 e. The molecule has 1 aromatic carbocycles. The van der Waals surface area contributed by atoms with Gasteiger partial charge in [0.05, 0.1) is 11.4 Å². The molecule has 1 aromatic heterocycles. The average molecular weight is 302 g/mol. The van der Waals surface area contributed by atoms with E-state index < -0.39 is 0 Å². The lowest BCUT2D eigenvalue weighted by atomic mass is 9.85. The summed E-state index contributed by atoms with van der Waals surface area (Å²) in [6.45, 7) is 0.342. The molecule has 0 saturated heterocycles. The van der Waals surface area contributed by atoms with Crippen molar-refractivity contribution in [3.8, 4) is 5.69 Å². The molecule has 0 atom stereocenters. The van der Waals surface area contributed by atoms with E-state index in [4.69, 9.17) is 5.73 Å². The molecule has 4 nitrogen and oxygen atoms in total. The highest BCUT2D eigenvalue weighted by atomic mass is 19.1. The van der Waals surface area contributed by atoms with Crippen LogP contribution in [0.5, 0.6) is 0 Å². The van der Waals surface area contributed by atoms with E-state index in [2.05, 4.69) is 10.3 Å². The van der Waals surface area contributed by atoms with E-state index in [9.17, 15) is 4.39 Å². The van der Waals surface area contributed by atoms with Gasteiger partial charge in [-0.1, -0.05) is 49.5 Å². The van der Waals surface area contributed by atoms with Gasteiger partial charge in [0.1, 0.15) is 11.5 Å². The second-order valence-electron chi connectivity index (χ2n) is 6.09. The number of aromatic nitrogens is 3. The van der Waals surface area contributed by atoms with Gasteiger partial charge in [-0.05, 0) is 30.9 Å². The van der Waals surface area contributed by atoms with Crippen LogP contribution in [0.3, 0.4) is 0 Å². The van der Waals surface area contributed by atoms with Crippen LogP contribution in [0.4, 0.5) is 4.39 Å². The van der Waals surface area contributed by atoms with Crippen LogP contribution in [0.2, 0.25) is 0 Å². The first kappa shape index (κ1) is 15.2. The fraction of sp³-hybridized carbons (Fsp3) is 0.529. The van der Waals surface area contributed by atoms with E-state index in [0.717, 1.165) is 30.1 Å². The minimum Gasteiger partial charge on any atom is -0.325 e. The highest BCUT2D eigenvalue weighted by Gasteiger charge is 2.19. The number of benzene rings is 1. The fourth-order valence-electron chi connectivity index (χ4n) is 3.38. The molecule has 2 aromatic rings. The van der Waals surface area contributed by atoms with Gasteiger partial charge >= 0.3 is 0 Å². The van der Waals surface area contributed by atoms with Crippen molar-refractivity contribution in [2.75, 3.05) is 0 Å². The number of para-hydroxylation sites is 1. The molecule has 2 N–H and O–H groups in total. The lowest BCUT2D eigenvalue weighted by Crippen LogP contribution is -2.12. The zero-order chi connectivity index (χ0) is 15.4. The van der Waals surface area contributed by atoms with Gasteiger partial charge in [0.15, 0.2) is 0 Å². The monoisotopic (exact) mass is 302 g/mol. The van der Waals surface area contributed by atoms with Crippen molar-refractivity contribution in [2.45, 2.75) is 51.5 Å². The summed E-state index contributed by atoms with van der Waals surface area (Å²) in [5, 5.41) is 8.27. The third kappa shape index (κ3) is 3.19. The minimum atomic E-state index is -0.283. The summed E-state index contributed by atoms with van der Waals surface area (Å²) in [5.74, 6) is 0.484. The molecular formula is C17H23FN4. The van der Waals surface area contributed by atoms with Gasteiger partial charge in [-0.3, -0.25) is 0 Å². The van der Waals surface area contributed by atoms with Crippen LogP contribution in [0.1, 0.15) is 49.9 Å². The Morgan fingerprint density at radius 3 is 2.68 bits per heavy atom. The number of nitrogens with zero attached hydrogens (tertiary/aromatic N) is 3. The highest BCUT2D eigenvalue weighted by molar-refractivity contribution is 5.35. The Bertz CT molecular complexity index is 617. The molecule has 1 aliphatic carbocycles. The van der Waals surface area contributed by atoms with Gasteiger partial charge in [0.25, 0.3) is 0 Å². The Balaban J connectivity index is 1.82. The molecule has 0 spiro atoms. The van der Waals surface area contributed by atoms with Crippen LogP contribution >= 0.6 is 0 Å². The molecule has 3 rings (SSSR count). The minimum absolute atomic E-state index is 0.283. The smallest absolute Gasteiger partial charge is 0.148 e. The first-order valence-corrected chi connectivity index (χ1v) is 8.18. The predicted octanol–water partition coefficient (Wildman–Crippen LogP) is 3.38. The van der Waals surface area contributed by atoms with Crippen molar-refractivity contribution in [3.63, 3.8) is 0 Å². The summed E-state index contributed by atoms with van der Waals surface area (Å²) >= 11 is 0. The normalized spacial score (nSPS) is 16.1. The molecule has 118 valence electrons. The third-order valence-electron chi connectivity index (χ3n) is 4.63. The molecule has 0 unspecified atom stereocenters. The van der Waals surface area contributed by atoms with E-state index in [0.29, 0.717) is 12.2 Å². The topological polar surface area (TPSA) is 56.7 Å². The van der Waals surface area contributed by atoms with E-state index in [1.54, 1.807) is 16.8 Å². The van der Waals surface area contributed by atoms with Crippen LogP contribution < -0.4 is 5.73 Å². The van der Waals surface area contributed by atoms with Crippen LogP contribution in [0.25, 0.3) is 5.69 Å². The molecule has 5 heteroatoms. The molecule has 1 heterocycles. The maximum atomic E-state index is 14.0. The van der Waals surface area contributed by atoms with Gasteiger partial charge in [-0.25, -0.2) is 9.07 Å². The third-order valence-corrected chi connectivity index (χ3v) is 4.63. The predicted molar refractivity (Wildman–Crippen MR) is 84.1 cm³/mol. The van der Waals surface area contributed by atoms with Gasteiger partial charge < -0.3 is 5.73 Å². The first-order valence-electron chi connectivity index (χ1n) is 8.18. The summed E-state index contributed by atoms with van der Waals surface area (Å²) in [5.41, 5.74) is 7.96. The maximum absolute atomic E-state index is 14.0. The van der Waals surface area contributed by atoms with E-state index in [1.165, 1.54) is 38.2 Å². The molecule has 0 bridgehead atoms. The van der Waals surface area contributed by atoms with Gasteiger partial charge in [-0.2, -0.15) is 0 Å². The van der Waals surface area contributed by atoms with Crippen molar-refractivity contribution in [1.82, 2.24) is 15.0 Å². The van der Waals surface area contributed by atoms with Gasteiger partial charge in [0, 0.05) is 6.54 Å². The standard InChI is InChI=1S/C17H23FN4/c18-14-8-4-5-9-16(14)22-17(15(12-19)20-21-22)11-10-13-6-2-1-3-7-13/h4-5,8-9,13H,1-3,6-7,10-12,19H2. The Hall–Kier alpha value is -1.75. The van der Waals surface area contributed by atoms with Crippen LogP contribution in [-0.4, -0.2) is 15.0 Å². The van der Waals surface area contributed by atoms with Crippen LogP contribution in [-0.2, 0) is 13.0 Å². The molecule has 1 aliphatic rings. The molecule has 22 heavy (non-hydrogen) atoms. The van der Waals surface area contributed by atoms with Crippen molar-refractivity contribution in [2.24, 2.45) is 11.7 Å². The molecule has 0 amide bonds. The molecular weight excluding hydrogens is 279 g/mol. The Kier molecular flexibility index (Phi) is 4.83. The number of rotatable bonds is 5. The van der Waals surface area contributed by atoms with E-state index in [1.807, 2.05) is 6.07 Å². The average Bonchev–Trinajstić information content (AvgIpc) is 2.97. The number of halogens is 1. The number of hydrogen-bond donors (Lipinski definition) is 1. The zero-order valence-corrected chi connectivity index (χ0v) is 12.8. The lowest BCUT2D eigenvalue weighted by molar-refractivity contribution is 0.337. The van der Waals surface area contributed by atoms with Gasteiger partial charge in [0.2, 0.25) is 0 Å². The van der Waals surface area contributed by atoms with Gasteiger partial charge in [-0.15, -0.1) is 5.10 Å². The second kappa shape index (κ2) is 7.01. The Morgan fingerprint density at radius 1 is 1.18 bits per heavy atom. The van der Waals surface area contributed by atoms with Crippen molar-refractivity contribution in [1.29, 1.82) is 0 Å². The fourth-order valence-corrected chi connectivity index (χ4v) is 3.38. The van der Waals surface area contributed by atoms with Crippen molar-refractivity contribution >= 4 is 0 Å². The molecule has 0 radical (unpaired) electrons. The SMILES string of the molecule is NCc1nnn(-c2ccccc2F)c1CCC1CCCCC1. The van der Waals surface area contributed by atoms with Crippen LogP contribution in [0, 0.1) is 11.7 Å². The van der Waals surface area contributed by atoms with Crippen molar-refractivity contribution in [3.05, 3.63) is 41.5 Å². The second-order valence-corrected chi connectivity index (χ2v) is 6.09. The first-order chi connectivity index (χ1) is 10.8. The molecule has 0 aliphatic heterocycles. The van der Waals surface area contributed by atoms with Crippen molar-refractivity contribution < 1.29 is 4.39 Å². The zero-order valence-electron chi connectivity index (χ0n) is 12.8. The molecule has 1 saturated carbocycles. The Labute approximate surface area is 130 Å². The lowest BCUT2D eigenvalue weighted by Gasteiger charge is -2.21.